The van der Waals surface area contributed by atoms with Crippen LogP contribution < -0.4 is 4.74 Å². The van der Waals surface area contributed by atoms with Gasteiger partial charge < -0.3 is 19.9 Å². The van der Waals surface area contributed by atoms with Crippen LogP contribution in [0.4, 0.5) is 0 Å². The molecule has 1 aromatic heterocycles. The Morgan fingerprint density at radius 3 is 2.77 bits per heavy atom. The van der Waals surface area contributed by atoms with Crippen LogP contribution in [0.5, 0.6) is 5.75 Å². The Bertz CT molecular complexity index is 1130. The monoisotopic (exact) mass is 419 g/mol. The number of benzene rings is 2. The van der Waals surface area contributed by atoms with Crippen molar-refractivity contribution in [3.63, 3.8) is 0 Å². The Balaban J connectivity index is 1.30. The number of rotatable bonds is 6. The number of aliphatic hydroxyl groups excluding tert-OH is 1. The van der Waals surface area contributed by atoms with Crippen LogP contribution in [-0.4, -0.2) is 27.3 Å². The van der Waals surface area contributed by atoms with Crippen molar-refractivity contribution in [2.24, 2.45) is 0 Å². The summed E-state index contributed by atoms with van der Waals surface area (Å²) in [7, 11) is 0. The van der Waals surface area contributed by atoms with Gasteiger partial charge in [-0.15, -0.1) is 0 Å². The zero-order valence-corrected chi connectivity index (χ0v) is 17.9. The highest BCUT2D eigenvalue weighted by Gasteiger charge is 2.28. The fraction of sp³-hybridized carbons (Fsp3) is 0.423. The second kappa shape index (κ2) is 8.04. The highest BCUT2D eigenvalue weighted by Crippen LogP contribution is 2.40. The van der Waals surface area contributed by atoms with Gasteiger partial charge in [-0.2, -0.15) is 0 Å². The maximum atomic E-state index is 11.1. The number of hydrogen-bond donors (Lipinski definition) is 3. The molecule has 162 valence electrons. The van der Waals surface area contributed by atoms with Crippen LogP contribution in [0.3, 0.4) is 0 Å². The molecule has 1 heterocycles. The van der Waals surface area contributed by atoms with E-state index in [4.69, 9.17) is 9.84 Å². The standard InChI is InChI=1S/C26H29NO4/c1-15-10-16(2-7-21(15)17-3-5-19(28)11-17)14-31-20-6-9-24-23(13-20)22-8-4-18(12-25(29)30)26(22)27-24/h2,6-7,9-10,13,17-19,27-28H,3-5,8,11-12,14H2,1H3,(H,29,30)/t17-,18-,19+/m1/s1. The highest BCUT2D eigenvalue weighted by atomic mass is 16.5. The average Bonchev–Trinajstić information content (AvgIpc) is 3.42. The maximum Gasteiger partial charge on any atom is 0.304 e. The summed E-state index contributed by atoms with van der Waals surface area (Å²) >= 11 is 0. The first-order chi connectivity index (χ1) is 15.0. The molecule has 0 radical (unpaired) electrons. The quantitative estimate of drug-likeness (QED) is 0.514. The third-order valence-electron chi connectivity index (χ3n) is 7.07. The van der Waals surface area contributed by atoms with Crippen molar-refractivity contribution in [1.82, 2.24) is 4.98 Å². The van der Waals surface area contributed by atoms with Crippen molar-refractivity contribution in [1.29, 1.82) is 0 Å². The van der Waals surface area contributed by atoms with Crippen LogP contribution in [0.1, 0.15) is 71.9 Å². The van der Waals surface area contributed by atoms with Gasteiger partial charge in [-0.3, -0.25) is 4.79 Å². The molecule has 5 rings (SSSR count). The van der Waals surface area contributed by atoms with Crippen LogP contribution >= 0.6 is 0 Å². The van der Waals surface area contributed by atoms with Gasteiger partial charge in [0.05, 0.1) is 12.5 Å². The molecule has 2 aromatic carbocycles. The van der Waals surface area contributed by atoms with Gasteiger partial charge in [0.2, 0.25) is 0 Å². The Morgan fingerprint density at radius 2 is 2.03 bits per heavy atom. The van der Waals surface area contributed by atoms with Gasteiger partial charge in [-0.1, -0.05) is 18.2 Å². The van der Waals surface area contributed by atoms with Gasteiger partial charge >= 0.3 is 5.97 Å². The van der Waals surface area contributed by atoms with Crippen LogP contribution in [0.25, 0.3) is 10.9 Å². The molecule has 31 heavy (non-hydrogen) atoms. The van der Waals surface area contributed by atoms with E-state index < -0.39 is 5.97 Å². The SMILES string of the molecule is Cc1cc(COc2ccc3[nH]c4c(c3c2)CC[C@@H]4CC(=O)O)ccc1[C@@H]1CC[C@H](O)C1. The summed E-state index contributed by atoms with van der Waals surface area (Å²) in [6, 6.07) is 12.6. The van der Waals surface area contributed by atoms with Crippen LogP contribution in [-0.2, 0) is 17.8 Å². The normalized spacial score (nSPS) is 22.7. The van der Waals surface area contributed by atoms with E-state index in [0.29, 0.717) is 12.5 Å². The minimum absolute atomic E-state index is 0.0757. The zero-order valence-electron chi connectivity index (χ0n) is 17.9. The van der Waals surface area contributed by atoms with E-state index in [9.17, 15) is 9.90 Å². The van der Waals surface area contributed by atoms with Gasteiger partial charge in [0.25, 0.3) is 0 Å². The number of nitrogens with one attached hydrogen (secondary N) is 1. The Labute approximate surface area is 182 Å². The summed E-state index contributed by atoms with van der Waals surface area (Å²) < 4.78 is 6.11. The average molecular weight is 420 g/mol. The molecular formula is C26H29NO4. The number of fused-ring (bicyclic) bond motifs is 3. The molecule has 2 aliphatic carbocycles. The number of carboxylic acids is 1. The molecule has 0 spiro atoms. The van der Waals surface area contributed by atoms with Crippen molar-refractivity contribution >= 4 is 16.9 Å². The summed E-state index contributed by atoms with van der Waals surface area (Å²) in [4.78, 5) is 14.6. The number of ether oxygens (including phenoxy) is 1. The van der Waals surface area contributed by atoms with Gasteiger partial charge in [0, 0.05) is 22.5 Å². The van der Waals surface area contributed by atoms with E-state index in [2.05, 4.69) is 36.2 Å². The molecule has 0 bridgehead atoms. The van der Waals surface area contributed by atoms with Crippen LogP contribution in [0.2, 0.25) is 0 Å². The topological polar surface area (TPSA) is 82.6 Å². The lowest BCUT2D eigenvalue weighted by Gasteiger charge is -2.15. The predicted molar refractivity (Wildman–Crippen MR) is 120 cm³/mol. The Morgan fingerprint density at radius 1 is 1.16 bits per heavy atom. The summed E-state index contributed by atoms with van der Waals surface area (Å²) in [5, 5.41) is 20.1. The van der Waals surface area contributed by atoms with Crippen molar-refractivity contribution < 1.29 is 19.7 Å². The molecule has 0 amide bonds. The number of aliphatic hydroxyl groups is 1. The summed E-state index contributed by atoms with van der Waals surface area (Å²) in [6.07, 6.45) is 4.65. The zero-order chi connectivity index (χ0) is 21.5. The van der Waals surface area contributed by atoms with E-state index in [1.807, 2.05) is 12.1 Å². The van der Waals surface area contributed by atoms with Gasteiger partial charge in [0.15, 0.2) is 0 Å². The van der Waals surface area contributed by atoms with Crippen molar-refractivity contribution in [2.75, 3.05) is 0 Å². The van der Waals surface area contributed by atoms with Crippen molar-refractivity contribution in [3.8, 4) is 5.75 Å². The number of carboxylic acid groups (broad SMARTS) is 1. The molecule has 3 aromatic rings. The van der Waals surface area contributed by atoms with Gasteiger partial charge in [-0.25, -0.2) is 0 Å². The Hall–Kier alpha value is -2.79. The minimum Gasteiger partial charge on any atom is -0.489 e. The van der Waals surface area contributed by atoms with E-state index >= 15 is 0 Å². The van der Waals surface area contributed by atoms with Crippen molar-refractivity contribution in [2.45, 2.75) is 70.0 Å². The van der Waals surface area contributed by atoms with E-state index in [1.54, 1.807) is 0 Å². The van der Waals surface area contributed by atoms with E-state index in [-0.39, 0.29) is 18.4 Å². The number of aryl methyl sites for hydroxylation is 2. The first-order valence-electron chi connectivity index (χ1n) is 11.2. The van der Waals surface area contributed by atoms with Crippen LogP contribution in [0.15, 0.2) is 36.4 Å². The third kappa shape index (κ3) is 3.94. The lowest BCUT2D eigenvalue weighted by atomic mass is 9.92. The third-order valence-corrected chi connectivity index (χ3v) is 7.07. The second-order valence-corrected chi connectivity index (χ2v) is 9.20. The molecule has 5 heteroatoms. The summed E-state index contributed by atoms with van der Waals surface area (Å²) in [6.45, 7) is 2.65. The van der Waals surface area contributed by atoms with Crippen LogP contribution in [0, 0.1) is 6.92 Å². The molecule has 1 saturated carbocycles. The fourth-order valence-electron chi connectivity index (χ4n) is 5.53. The number of carbonyl (C=O) groups is 1. The number of aliphatic carboxylic acids is 1. The summed E-state index contributed by atoms with van der Waals surface area (Å²) in [5.74, 6) is 0.627. The second-order valence-electron chi connectivity index (χ2n) is 9.20. The number of H-pyrrole nitrogens is 1. The first kappa shape index (κ1) is 20.1. The fourth-order valence-corrected chi connectivity index (χ4v) is 5.53. The molecule has 2 aliphatic rings. The number of aromatic amines is 1. The predicted octanol–water partition coefficient (Wildman–Crippen LogP) is 5.19. The van der Waals surface area contributed by atoms with E-state index in [1.165, 1.54) is 16.7 Å². The summed E-state index contributed by atoms with van der Waals surface area (Å²) in [5.41, 5.74) is 7.12. The lowest BCUT2D eigenvalue weighted by Crippen LogP contribution is -2.03. The van der Waals surface area contributed by atoms with Gasteiger partial charge in [0.1, 0.15) is 12.4 Å². The lowest BCUT2D eigenvalue weighted by molar-refractivity contribution is -0.137. The molecule has 0 saturated heterocycles. The molecule has 0 aliphatic heterocycles. The molecule has 5 nitrogen and oxygen atoms in total. The highest BCUT2D eigenvalue weighted by molar-refractivity contribution is 5.87. The largest absolute Gasteiger partial charge is 0.489 e. The molecule has 1 fully saturated rings. The number of hydrogen-bond acceptors (Lipinski definition) is 3. The molecule has 3 atom stereocenters. The van der Waals surface area contributed by atoms with Gasteiger partial charge in [-0.05, 0) is 85.4 Å². The molecule has 0 unspecified atom stereocenters. The molecular weight excluding hydrogens is 390 g/mol. The maximum absolute atomic E-state index is 11.1. The minimum atomic E-state index is -0.744. The first-order valence-corrected chi connectivity index (χ1v) is 11.2. The van der Waals surface area contributed by atoms with E-state index in [0.717, 1.165) is 60.0 Å². The molecule has 3 N–H and O–H groups in total. The number of aromatic nitrogens is 1. The Kier molecular flexibility index (Phi) is 5.22. The van der Waals surface area contributed by atoms with Crippen molar-refractivity contribution in [3.05, 3.63) is 64.3 Å². The smallest absolute Gasteiger partial charge is 0.304 e.